The number of hydrogen-bond acceptors (Lipinski definition) is 4. The monoisotopic (exact) mass is 235 g/mol. The zero-order valence-electron chi connectivity index (χ0n) is 8.82. The molecule has 0 saturated carbocycles. The van der Waals surface area contributed by atoms with Gasteiger partial charge in [0, 0.05) is 12.0 Å². The third-order valence-electron chi connectivity index (χ3n) is 2.77. The van der Waals surface area contributed by atoms with Crippen molar-refractivity contribution in [1.29, 1.82) is 0 Å². The summed E-state index contributed by atoms with van der Waals surface area (Å²) in [6.45, 7) is 0.700. The van der Waals surface area contributed by atoms with Crippen LogP contribution in [0.2, 0.25) is 0 Å². The van der Waals surface area contributed by atoms with Crippen molar-refractivity contribution >= 4 is 15.8 Å². The fraction of sp³-hybridized carbons (Fsp3) is 0.889. The summed E-state index contributed by atoms with van der Waals surface area (Å²) in [7, 11) is -2.99. The Morgan fingerprint density at radius 3 is 2.60 bits per heavy atom. The van der Waals surface area contributed by atoms with Gasteiger partial charge >= 0.3 is 5.97 Å². The molecule has 88 valence electrons. The Morgan fingerprint density at radius 1 is 1.53 bits per heavy atom. The van der Waals surface area contributed by atoms with Crippen molar-refractivity contribution in [3.8, 4) is 0 Å². The fourth-order valence-electron chi connectivity index (χ4n) is 1.95. The predicted molar refractivity (Wildman–Crippen MR) is 56.5 cm³/mol. The molecule has 2 N–H and O–H groups in total. The molecule has 0 aromatic rings. The third kappa shape index (κ3) is 3.46. The molecular weight excluding hydrogens is 218 g/mol. The quantitative estimate of drug-likeness (QED) is 0.701. The zero-order chi connectivity index (χ0) is 11.5. The first kappa shape index (κ1) is 12.4. The Hall–Kier alpha value is -0.620. The van der Waals surface area contributed by atoms with E-state index in [-0.39, 0.29) is 5.75 Å². The van der Waals surface area contributed by atoms with Crippen LogP contribution in [0.3, 0.4) is 0 Å². The Bertz CT molecular complexity index is 330. The molecular formula is C9H17NO4S. The van der Waals surface area contributed by atoms with E-state index < -0.39 is 21.3 Å². The lowest BCUT2D eigenvalue weighted by Crippen LogP contribution is -2.47. The van der Waals surface area contributed by atoms with E-state index in [1.54, 1.807) is 0 Å². The molecule has 1 aliphatic heterocycles. The molecule has 1 unspecified atom stereocenters. The number of rotatable bonds is 5. The van der Waals surface area contributed by atoms with Crippen molar-refractivity contribution in [2.45, 2.75) is 31.2 Å². The molecule has 5 nitrogen and oxygen atoms in total. The molecule has 0 bridgehead atoms. The maximum absolute atomic E-state index is 11.1. The van der Waals surface area contributed by atoms with Gasteiger partial charge in [-0.15, -0.1) is 0 Å². The molecule has 1 aliphatic rings. The van der Waals surface area contributed by atoms with E-state index in [9.17, 15) is 13.2 Å². The summed E-state index contributed by atoms with van der Waals surface area (Å²) in [5.74, 6) is -0.808. The number of nitrogens with one attached hydrogen (secondary N) is 1. The van der Waals surface area contributed by atoms with Crippen LogP contribution in [0.1, 0.15) is 25.7 Å². The third-order valence-corrected chi connectivity index (χ3v) is 3.80. The summed E-state index contributed by atoms with van der Waals surface area (Å²) >= 11 is 0. The SMILES string of the molecule is CS(=O)(=O)CCCC1(C(=O)O)CCCN1. The maximum Gasteiger partial charge on any atom is 0.323 e. The minimum atomic E-state index is -2.99. The van der Waals surface area contributed by atoms with Gasteiger partial charge in [0.1, 0.15) is 15.4 Å². The van der Waals surface area contributed by atoms with E-state index in [0.717, 1.165) is 6.42 Å². The molecule has 1 heterocycles. The Balaban J connectivity index is 2.50. The van der Waals surface area contributed by atoms with Gasteiger partial charge in [-0.2, -0.15) is 0 Å². The highest BCUT2D eigenvalue weighted by molar-refractivity contribution is 7.90. The number of carbonyl (C=O) groups is 1. The molecule has 0 aliphatic carbocycles. The van der Waals surface area contributed by atoms with E-state index in [2.05, 4.69) is 5.32 Å². The molecule has 1 saturated heterocycles. The number of hydrogen-bond donors (Lipinski definition) is 2. The fourth-order valence-corrected chi connectivity index (χ4v) is 2.61. The first-order valence-corrected chi connectivity index (χ1v) is 7.08. The minimum absolute atomic E-state index is 0.0592. The second-order valence-corrected chi connectivity index (χ2v) is 6.41. The normalized spacial score (nSPS) is 26.7. The summed E-state index contributed by atoms with van der Waals surface area (Å²) < 4.78 is 21.8. The van der Waals surface area contributed by atoms with Crippen molar-refractivity contribution in [2.75, 3.05) is 18.6 Å². The van der Waals surface area contributed by atoms with E-state index >= 15 is 0 Å². The van der Waals surface area contributed by atoms with Gasteiger partial charge in [0.15, 0.2) is 0 Å². The molecule has 1 rings (SSSR count). The minimum Gasteiger partial charge on any atom is -0.480 e. The van der Waals surface area contributed by atoms with Crippen LogP contribution in [0.25, 0.3) is 0 Å². The molecule has 15 heavy (non-hydrogen) atoms. The Morgan fingerprint density at radius 2 is 2.20 bits per heavy atom. The number of aliphatic carboxylic acids is 1. The van der Waals surface area contributed by atoms with Crippen LogP contribution in [0.5, 0.6) is 0 Å². The van der Waals surface area contributed by atoms with E-state index in [4.69, 9.17) is 5.11 Å². The number of carboxylic acids is 1. The maximum atomic E-state index is 11.1. The van der Waals surface area contributed by atoms with Crippen LogP contribution in [0, 0.1) is 0 Å². The smallest absolute Gasteiger partial charge is 0.323 e. The molecule has 0 spiro atoms. The zero-order valence-corrected chi connectivity index (χ0v) is 9.64. The van der Waals surface area contributed by atoms with Crippen LogP contribution in [-0.4, -0.2) is 43.6 Å². The predicted octanol–water partition coefficient (Wildman–Crippen LogP) is 0.0180. The van der Waals surface area contributed by atoms with Gasteiger partial charge in [-0.1, -0.05) is 0 Å². The Kier molecular flexibility index (Phi) is 3.72. The average molecular weight is 235 g/mol. The molecule has 0 aromatic carbocycles. The average Bonchev–Trinajstić information content (AvgIpc) is 2.51. The van der Waals surface area contributed by atoms with Gasteiger partial charge in [-0.05, 0) is 32.2 Å². The highest BCUT2D eigenvalue weighted by Gasteiger charge is 2.40. The van der Waals surface area contributed by atoms with Crippen molar-refractivity contribution in [2.24, 2.45) is 0 Å². The van der Waals surface area contributed by atoms with Crippen LogP contribution < -0.4 is 5.32 Å². The van der Waals surface area contributed by atoms with E-state index in [0.29, 0.717) is 25.8 Å². The van der Waals surface area contributed by atoms with Gasteiger partial charge in [0.25, 0.3) is 0 Å². The van der Waals surface area contributed by atoms with E-state index in [1.807, 2.05) is 0 Å². The van der Waals surface area contributed by atoms with E-state index in [1.165, 1.54) is 6.26 Å². The van der Waals surface area contributed by atoms with Crippen LogP contribution in [0.4, 0.5) is 0 Å². The van der Waals surface area contributed by atoms with Crippen molar-refractivity contribution < 1.29 is 18.3 Å². The van der Waals surface area contributed by atoms with Crippen LogP contribution in [-0.2, 0) is 14.6 Å². The van der Waals surface area contributed by atoms with Crippen LogP contribution >= 0.6 is 0 Å². The standard InChI is InChI=1S/C9H17NO4S/c1-15(13,14)7-3-5-9(8(11)12)4-2-6-10-9/h10H,2-7H2,1H3,(H,11,12). The Labute approximate surface area is 89.8 Å². The van der Waals surface area contributed by atoms with Gasteiger partial charge < -0.3 is 10.4 Å². The molecule has 0 aromatic heterocycles. The molecule has 6 heteroatoms. The van der Waals surface area contributed by atoms with Gasteiger partial charge in [-0.3, -0.25) is 4.79 Å². The second-order valence-electron chi connectivity index (χ2n) is 4.15. The first-order valence-electron chi connectivity index (χ1n) is 5.02. The van der Waals surface area contributed by atoms with Gasteiger partial charge in [0.2, 0.25) is 0 Å². The molecule has 0 amide bonds. The highest BCUT2D eigenvalue weighted by Crippen LogP contribution is 2.25. The summed E-state index contributed by atoms with van der Waals surface area (Å²) in [6, 6.07) is 0. The summed E-state index contributed by atoms with van der Waals surface area (Å²) in [6.07, 6.45) is 3.38. The van der Waals surface area contributed by atoms with Gasteiger partial charge in [0.05, 0.1) is 0 Å². The summed E-state index contributed by atoms with van der Waals surface area (Å²) in [4.78, 5) is 11.1. The van der Waals surface area contributed by atoms with Crippen molar-refractivity contribution in [3.05, 3.63) is 0 Å². The number of carboxylic acid groups (broad SMARTS) is 1. The summed E-state index contributed by atoms with van der Waals surface area (Å²) in [5.41, 5.74) is -0.884. The largest absolute Gasteiger partial charge is 0.480 e. The van der Waals surface area contributed by atoms with Crippen LogP contribution in [0.15, 0.2) is 0 Å². The lowest BCUT2D eigenvalue weighted by atomic mass is 9.92. The molecule has 0 radical (unpaired) electrons. The highest BCUT2D eigenvalue weighted by atomic mass is 32.2. The van der Waals surface area contributed by atoms with Gasteiger partial charge in [-0.25, -0.2) is 8.42 Å². The first-order chi connectivity index (χ1) is 6.86. The van der Waals surface area contributed by atoms with Crippen molar-refractivity contribution in [3.63, 3.8) is 0 Å². The number of sulfone groups is 1. The lowest BCUT2D eigenvalue weighted by molar-refractivity contribution is -0.144. The molecule has 1 fully saturated rings. The summed E-state index contributed by atoms with van der Waals surface area (Å²) in [5, 5.41) is 12.0. The molecule has 1 atom stereocenters. The lowest BCUT2D eigenvalue weighted by Gasteiger charge is -2.24. The second kappa shape index (κ2) is 4.49. The van der Waals surface area contributed by atoms with Crippen molar-refractivity contribution in [1.82, 2.24) is 5.32 Å². The topological polar surface area (TPSA) is 83.5 Å².